The van der Waals surface area contributed by atoms with Gasteiger partial charge in [0.1, 0.15) is 30.5 Å². The van der Waals surface area contributed by atoms with Crippen LogP contribution in [-0.4, -0.2) is 97.5 Å². The molecule has 13 heteroatoms. The number of hydrogen-bond acceptors (Lipinski definition) is 11. The van der Waals surface area contributed by atoms with Crippen molar-refractivity contribution < 1.29 is 56.2 Å². The fraction of sp³-hybridized carbons (Fsp3) is 0.750. The Morgan fingerprint density at radius 3 is 1.61 bits per heavy atom. The van der Waals surface area contributed by atoms with E-state index in [1.807, 2.05) is 12.2 Å². The molecule has 0 spiro atoms. The molecule has 0 saturated carbocycles. The Balaban J connectivity index is 2.52. The summed E-state index contributed by atoms with van der Waals surface area (Å²) in [5, 5.41) is 30.6. The summed E-state index contributed by atoms with van der Waals surface area (Å²) in [6.45, 7) is 3.74. The number of aliphatic hydroxyl groups excluding tert-OH is 3. The third kappa shape index (κ3) is 29.6. The summed E-state index contributed by atoms with van der Waals surface area (Å²) in [4.78, 5) is 12.8. The zero-order valence-electron chi connectivity index (χ0n) is 34.9. The Morgan fingerprint density at radius 1 is 0.667 bits per heavy atom. The van der Waals surface area contributed by atoms with E-state index in [0.717, 1.165) is 44.9 Å². The fourth-order valence-corrected chi connectivity index (χ4v) is 6.73. The van der Waals surface area contributed by atoms with Crippen molar-refractivity contribution in [3.05, 3.63) is 60.8 Å². The largest absolute Gasteiger partial charge is 0.457 e. The van der Waals surface area contributed by atoms with Gasteiger partial charge in [0.25, 0.3) is 0 Å². The normalized spacial score (nSPS) is 21.3. The van der Waals surface area contributed by atoms with Gasteiger partial charge in [0.05, 0.1) is 26.2 Å². The topological polar surface area (TPSA) is 178 Å². The molecule has 0 amide bonds. The van der Waals surface area contributed by atoms with Crippen LogP contribution in [0.25, 0.3) is 0 Å². The molecule has 1 fully saturated rings. The summed E-state index contributed by atoms with van der Waals surface area (Å²) in [5.74, 6) is -0.526. The number of rotatable bonds is 36. The Morgan fingerprint density at radius 2 is 1.14 bits per heavy atom. The Kier molecular flexibility index (Phi) is 33.1. The molecule has 1 aliphatic heterocycles. The average molecular weight is 829 g/mol. The second-order valence-corrected chi connectivity index (χ2v) is 15.6. The van der Waals surface area contributed by atoms with E-state index in [-0.39, 0.29) is 19.6 Å². The van der Waals surface area contributed by atoms with Crippen molar-refractivity contribution >= 4 is 16.4 Å². The Bertz CT molecular complexity index is 1230. The van der Waals surface area contributed by atoms with Gasteiger partial charge in [-0.05, 0) is 38.5 Å². The molecule has 0 aromatic heterocycles. The highest BCUT2D eigenvalue weighted by Crippen LogP contribution is 2.26. The van der Waals surface area contributed by atoms with E-state index in [1.54, 1.807) is 6.08 Å². The van der Waals surface area contributed by atoms with Gasteiger partial charge in [0.15, 0.2) is 6.29 Å². The molecule has 0 bridgehead atoms. The summed E-state index contributed by atoms with van der Waals surface area (Å²) in [6.07, 6.45) is 34.3. The number of unbranched alkanes of at least 4 members (excludes halogenated alkanes) is 14. The average Bonchev–Trinajstić information content (AvgIpc) is 3.18. The highest BCUT2D eigenvalue weighted by molar-refractivity contribution is 7.80. The third-order valence-corrected chi connectivity index (χ3v) is 9.90. The van der Waals surface area contributed by atoms with Gasteiger partial charge in [-0.15, -0.1) is 0 Å². The van der Waals surface area contributed by atoms with Crippen molar-refractivity contribution in [1.82, 2.24) is 0 Å². The number of carbonyl (C=O) groups excluding carboxylic acids is 1. The molecular formula is C44H76O12S. The predicted molar refractivity (Wildman–Crippen MR) is 225 cm³/mol. The first-order valence-corrected chi connectivity index (χ1v) is 22.9. The van der Waals surface area contributed by atoms with Crippen molar-refractivity contribution in [2.45, 2.75) is 185 Å². The highest BCUT2D eigenvalue weighted by atomic mass is 32.3. The van der Waals surface area contributed by atoms with Gasteiger partial charge in [-0.2, -0.15) is 8.42 Å². The smallest absolute Gasteiger partial charge is 0.397 e. The molecule has 12 nitrogen and oxygen atoms in total. The number of allylic oxidation sites excluding steroid dienone is 9. The number of ether oxygens (including phenoxy) is 4. The van der Waals surface area contributed by atoms with Crippen molar-refractivity contribution in [3.63, 3.8) is 0 Å². The van der Waals surface area contributed by atoms with E-state index in [4.69, 9.17) is 23.5 Å². The van der Waals surface area contributed by atoms with Gasteiger partial charge in [-0.3, -0.25) is 9.35 Å². The molecular weight excluding hydrogens is 753 g/mol. The molecule has 1 saturated heterocycles. The van der Waals surface area contributed by atoms with Crippen molar-refractivity contribution in [2.24, 2.45) is 0 Å². The van der Waals surface area contributed by atoms with Crippen LogP contribution in [0.15, 0.2) is 60.8 Å². The van der Waals surface area contributed by atoms with E-state index in [9.17, 15) is 28.5 Å². The molecule has 1 aliphatic rings. The van der Waals surface area contributed by atoms with E-state index in [0.29, 0.717) is 13.0 Å². The summed E-state index contributed by atoms with van der Waals surface area (Å²) < 4.78 is 58.8. The lowest BCUT2D eigenvalue weighted by Crippen LogP contribution is -2.60. The molecule has 6 atom stereocenters. The van der Waals surface area contributed by atoms with Gasteiger partial charge >= 0.3 is 16.4 Å². The maximum Gasteiger partial charge on any atom is 0.397 e. The Labute approximate surface area is 344 Å². The van der Waals surface area contributed by atoms with E-state index in [1.165, 1.54) is 77.0 Å². The fourth-order valence-electron chi connectivity index (χ4n) is 6.22. The second-order valence-electron chi connectivity index (χ2n) is 14.6. The highest BCUT2D eigenvalue weighted by Gasteiger charge is 2.48. The van der Waals surface area contributed by atoms with Crippen molar-refractivity contribution in [1.29, 1.82) is 0 Å². The summed E-state index contributed by atoms with van der Waals surface area (Å²) >= 11 is 0. The van der Waals surface area contributed by atoms with Crippen LogP contribution in [0.2, 0.25) is 0 Å². The number of aliphatic hydroxyl groups is 3. The lowest BCUT2D eigenvalue weighted by atomic mass is 9.99. The second kappa shape index (κ2) is 35.7. The zero-order valence-corrected chi connectivity index (χ0v) is 35.7. The van der Waals surface area contributed by atoms with E-state index in [2.05, 4.69) is 60.6 Å². The van der Waals surface area contributed by atoms with Gasteiger partial charge in [0, 0.05) is 6.61 Å². The first kappa shape index (κ1) is 52.8. The molecule has 1 heterocycles. The monoisotopic (exact) mass is 829 g/mol. The number of hydrogen-bond donors (Lipinski definition) is 4. The van der Waals surface area contributed by atoms with Crippen LogP contribution in [0.4, 0.5) is 0 Å². The van der Waals surface area contributed by atoms with Crippen molar-refractivity contribution in [2.75, 3.05) is 26.4 Å². The van der Waals surface area contributed by atoms with Crippen LogP contribution in [-0.2, 0) is 38.3 Å². The van der Waals surface area contributed by atoms with Gasteiger partial charge in [-0.25, -0.2) is 4.18 Å². The van der Waals surface area contributed by atoms with E-state index >= 15 is 0 Å². The summed E-state index contributed by atoms with van der Waals surface area (Å²) in [7, 11) is -5.07. The lowest BCUT2D eigenvalue weighted by molar-refractivity contribution is -0.301. The van der Waals surface area contributed by atoms with Gasteiger partial charge < -0.3 is 34.3 Å². The maximum absolute atomic E-state index is 12.8. The molecule has 1 rings (SSSR count). The summed E-state index contributed by atoms with van der Waals surface area (Å²) in [5.41, 5.74) is 0. The van der Waals surface area contributed by atoms with Crippen LogP contribution in [0, 0.1) is 0 Å². The van der Waals surface area contributed by atoms with Crippen LogP contribution < -0.4 is 0 Å². The SMILES string of the molecule is CC/C=C\C/C=C\C/C=C\C/C=C\C/C=C\CC(=O)OC(COCCCCCCCCCCCCCCCCC)COC1OC(CO)C(O)C(OS(=O)(=O)O)C1O. The molecule has 0 radical (unpaired) electrons. The molecule has 6 unspecified atom stereocenters. The van der Waals surface area contributed by atoms with Crippen LogP contribution in [0.3, 0.4) is 0 Å². The molecule has 57 heavy (non-hydrogen) atoms. The van der Waals surface area contributed by atoms with Crippen LogP contribution in [0.1, 0.15) is 149 Å². The molecule has 0 aliphatic carbocycles. The standard InChI is InChI=1S/C44H76O12S/c1-3-5-7-9-11-13-15-17-19-21-23-25-27-29-31-33-40(46)54-38(37-53-44-42(48)43(56-57(49,50)51)41(47)39(35-45)55-44)36-52-34-32-30-28-26-24-22-20-18-16-14-12-10-8-6-4-2/h5,7,11,13,17,19,23,25,29,31,38-39,41-45,47-48H,3-4,6,8-10,12,14-16,18,20-22,24,26-28,30,32-37H2,1-2H3,(H,49,50,51)/b7-5-,13-11-,19-17-,25-23-,31-29-. The van der Waals surface area contributed by atoms with Gasteiger partial charge in [0.2, 0.25) is 0 Å². The van der Waals surface area contributed by atoms with Crippen LogP contribution in [0.5, 0.6) is 0 Å². The predicted octanol–water partition coefficient (Wildman–Crippen LogP) is 8.57. The minimum absolute atomic E-state index is 0.00414. The number of esters is 1. The quantitative estimate of drug-likeness (QED) is 0.0205. The van der Waals surface area contributed by atoms with Crippen molar-refractivity contribution in [3.8, 4) is 0 Å². The van der Waals surface area contributed by atoms with Crippen LogP contribution >= 0.6 is 0 Å². The minimum atomic E-state index is -5.07. The number of carbonyl (C=O) groups is 1. The molecule has 0 aromatic carbocycles. The van der Waals surface area contributed by atoms with E-state index < -0.39 is 59.8 Å². The first-order chi connectivity index (χ1) is 27.6. The molecule has 0 aromatic rings. The maximum atomic E-state index is 12.8. The Hall–Kier alpha value is -2.20. The van der Waals surface area contributed by atoms with Gasteiger partial charge in [-0.1, -0.05) is 164 Å². The minimum Gasteiger partial charge on any atom is -0.457 e. The molecule has 4 N–H and O–H groups in total. The third-order valence-electron chi connectivity index (χ3n) is 9.44. The first-order valence-electron chi connectivity index (χ1n) is 21.5. The zero-order chi connectivity index (χ0) is 41.8. The lowest BCUT2D eigenvalue weighted by Gasteiger charge is -2.41. The molecule has 330 valence electrons. The summed E-state index contributed by atoms with van der Waals surface area (Å²) in [6, 6.07) is 0.